The highest BCUT2D eigenvalue weighted by atomic mass is 28.4. The Morgan fingerprint density at radius 3 is 2.14 bits per heavy atom. The topological polar surface area (TPSA) is 121 Å². The number of anilines is 1. The van der Waals surface area contributed by atoms with Crippen LogP contribution in [0.25, 0.3) is 0 Å². The Hall–Kier alpha value is -3.63. The van der Waals surface area contributed by atoms with Crippen LogP contribution in [-0.4, -0.2) is 73.8 Å². The van der Waals surface area contributed by atoms with E-state index in [1.54, 1.807) is 48.7 Å². The number of carbonyl (C=O) groups is 2. The molecule has 0 aliphatic carbocycles. The van der Waals surface area contributed by atoms with Gasteiger partial charge in [0, 0.05) is 11.8 Å². The highest BCUT2D eigenvalue weighted by Crippen LogP contribution is 2.54. The Labute approximate surface area is 297 Å². The van der Waals surface area contributed by atoms with Gasteiger partial charge in [-0.1, -0.05) is 91.0 Å². The van der Waals surface area contributed by atoms with E-state index in [9.17, 15) is 14.4 Å². The predicted octanol–water partition coefficient (Wildman–Crippen LogP) is 6.88. The number of hydrogen-bond acceptors (Lipinski definition) is 8. The molecule has 0 spiro atoms. The van der Waals surface area contributed by atoms with E-state index in [-0.39, 0.29) is 40.9 Å². The maximum atomic E-state index is 13.8. The van der Waals surface area contributed by atoms with Gasteiger partial charge < -0.3 is 19.2 Å². The number of fused-ring (bicyclic) bond motifs is 2. The Balaban J connectivity index is 1.54. The molecule has 3 aromatic rings. The van der Waals surface area contributed by atoms with Crippen molar-refractivity contribution in [2.45, 2.75) is 108 Å². The van der Waals surface area contributed by atoms with Crippen molar-refractivity contribution in [1.82, 2.24) is 14.6 Å². The summed E-state index contributed by atoms with van der Waals surface area (Å²) in [7, 11) is -4.57. The summed E-state index contributed by atoms with van der Waals surface area (Å²) < 4.78 is 21.5. The third kappa shape index (κ3) is 7.81. The lowest BCUT2D eigenvalue weighted by Gasteiger charge is -2.51. The second kappa shape index (κ2) is 13.8. The summed E-state index contributed by atoms with van der Waals surface area (Å²) in [5.41, 5.74) is -1.18. The minimum Gasteiger partial charge on any atom is -0.484 e. The largest absolute Gasteiger partial charge is 0.484 e. The van der Waals surface area contributed by atoms with Gasteiger partial charge in [-0.3, -0.25) is 19.0 Å². The van der Waals surface area contributed by atoms with Gasteiger partial charge in [0.15, 0.2) is 27.3 Å². The second-order valence-corrected chi connectivity index (χ2v) is 27.0. The van der Waals surface area contributed by atoms with Crippen LogP contribution >= 0.6 is 0 Å². The van der Waals surface area contributed by atoms with E-state index in [4.69, 9.17) is 18.7 Å². The Morgan fingerprint density at radius 2 is 1.56 bits per heavy atom. The van der Waals surface area contributed by atoms with Gasteiger partial charge in [0.25, 0.3) is 11.8 Å². The Bertz CT molecular complexity index is 1740. The molecular weight excluding hydrogens is 669 g/mol. The summed E-state index contributed by atoms with van der Waals surface area (Å²) in [5.74, 6) is -0.0587. The van der Waals surface area contributed by atoms with Crippen LogP contribution in [0, 0.1) is 0 Å². The molecule has 0 saturated carbocycles. The van der Waals surface area contributed by atoms with Crippen LogP contribution in [0.1, 0.15) is 58.1 Å². The third-order valence-electron chi connectivity index (χ3n) is 10.9. The first kappa shape index (κ1) is 37.6. The Morgan fingerprint density at radius 1 is 0.940 bits per heavy atom. The van der Waals surface area contributed by atoms with Crippen LogP contribution in [0.4, 0.5) is 5.82 Å². The van der Waals surface area contributed by atoms with Crippen LogP contribution in [-0.2, 0) is 18.8 Å². The van der Waals surface area contributed by atoms with Gasteiger partial charge in [-0.05, 0) is 59.5 Å². The molecule has 13 heteroatoms. The molecule has 2 amide bonds. The minimum absolute atomic E-state index is 0.0131. The average molecular weight is 721 g/mol. The molecule has 1 N–H and O–H groups in total. The zero-order valence-electron chi connectivity index (χ0n) is 31.0. The van der Waals surface area contributed by atoms with Gasteiger partial charge in [-0.25, -0.2) is 9.86 Å². The second-order valence-electron chi connectivity index (χ2n) is 16.6. The predicted molar refractivity (Wildman–Crippen MR) is 198 cm³/mol. The van der Waals surface area contributed by atoms with Crippen LogP contribution in [0.2, 0.25) is 42.3 Å². The van der Waals surface area contributed by atoms with E-state index in [0.29, 0.717) is 17.4 Å². The fourth-order valence-corrected chi connectivity index (χ4v) is 9.68. The smallest absolute Gasteiger partial charge is 0.351 e. The van der Waals surface area contributed by atoms with Crippen molar-refractivity contribution in [3.05, 3.63) is 89.0 Å². The van der Waals surface area contributed by atoms with Crippen molar-refractivity contribution in [1.29, 1.82) is 0 Å². The highest BCUT2D eigenvalue weighted by Gasteiger charge is 2.66. The molecule has 4 atom stereocenters. The van der Waals surface area contributed by atoms with Gasteiger partial charge in [0.2, 0.25) is 0 Å². The monoisotopic (exact) mass is 720 g/mol. The minimum atomic E-state index is -2.44. The first-order valence-corrected chi connectivity index (χ1v) is 23.3. The van der Waals surface area contributed by atoms with Gasteiger partial charge in [-0.15, -0.1) is 0 Å². The lowest BCUT2D eigenvalue weighted by atomic mass is 9.95. The molecule has 50 heavy (non-hydrogen) atoms. The van der Waals surface area contributed by atoms with Crippen molar-refractivity contribution in [3.63, 3.8) is 0 Å². The molecule has 2 bridgehead atoms. The molecule has 3 heterocycles. The van der Waals surface area contributed by atoms with Crippen molar-refractivity contribution in [2.75, 3.05) is 18.5 Å². The van der Waals surface area contributed by atoms with Crippen LogP contribution in [0.3, 0.4) is 0 Å². The Kier molecular flexibility index (Phi) is 10.4. The van der Waals surface area contributed by atoms with E-state index in [1.165, 1.54) is 9.63 Å². The van der Waals surface area contributed by atoms with Crippen molar-refractivity contribution in [2.24, 2.45) is 0 Å². The van der Waals surface area contributed by atoms with E-state index < -0.39 is 46.1 Å². The van der Waals surface area contributed by atoms with Gasteiger partial charge in [0.1, 0.15) is 23.3 Å². The lowest BCUT2D eigenvalue weighted by molar-refractivity contribution is -0.251. The van der Waals surface area contributed by atoms with Gasteiger partial charge >= 0.3 is 5.69 Å². The van der Waals surface area contributed by atoms with Crippen LogP contribution < -0.4 is 15.7 Å². The summed E-state index contributed by atoms with van der Waals surface area (Å²) in [6.45, 7) is 22.2. The van der Waals surface area contributed by atoms with E-state index >= 15 is 0 Å². The zero-order chi connectivity index (χ0) is 36.7. The molecule has 2 aliphatic heterocycles. The lowest BCUT2D eigenvalue weighted by Crippen LogP contribution is -2.65. The number of hydroxylamine groups is 2. The van der Waals surface area contributed by atoms with Gasteiger partial charge in [-0.2, -0.15) is 4.98 Å². The first-order chi connectivity index (χ1) is 23.2. The maximum Gasteiger partial charge on any atom is 0.351 e. The molecule has 2 saturated heterocycles. The van der Waals surface area contributed by atoms with E-state index in [0.717, 1.165) is 0 Å². The van der Waals surface area contributed by atoms with E-state index in [2.05, 4.69) is 78.0 Å². The number of aromatic nitrogens is 2. The zero-order valence-corrected chi connectivity index (χ0v) is 33.0. The molecule has 2 aliphatic rings. The summed E-state index contributed by atoms with van der Waals surface area (Å²) in [5, 5.41) is 3.91. The molecule has 2 aromatic carbocycles. The molecule has 5 rings (SSSR count). The summed E-state index contributed by atoms with van der Waals surface area (Å²) in [6.07, 6.45) is -0.835. The number of para-hydroxylation sites is 1. The molecule has 1 aromatic heterocycles. The number of hydrogen-bond donors (Lipinski definition) is 1. The molecule has 0 unspecified atom stereocenters. The number of rotatable bonds is 10. The van der Waals surface area contributed by atoms with Crippen LogP contribution in [0.15, 0.2) is 77.7 Å². The van der Waals surface area contributed by atoms with Crippen molar-refractivity contribution >= 4 is 34.0 Å². The molecule has 2 fully saturated rings. The maximum absolute atomic E-state index is 13.8. The number of benzene rings is 2. The number of ether oxygens (including phenoxy) is 2. The molecular formula is C37H52N4O7Si2. The summed E-state index contributed by atoms with van der Waals surface area (Å²) in [6, 6.07) is 20.1. The average Bonchev–Trinajstić information content (AvgIpc) is 3.18. The number of nitrogens with zero attached hydrogens (tertiary/aromatic N) is 3. The fraction of sp³-hybridized carbons (Fsp3) is 0.514. The van der Waals surface area contributed by atoms with Gasteiger partial charge in [0.05, 0.1) is 14.6 Å². The molecule has 270 valence electrons. The number of nitrogens with one attached hydrogen (secondary N) is 1. The van der Waals surface area contributed by atoms with Crippen molar-refractivity contribution < 1.29 is 28.3 Å². The molecule has 11 nitrogen and oxygen atoms in total. The van der Waals surface area contributed by atoms with E-state index in [1.807, 2.05) is 24.3 Å². The first-order valence-electron chi connectivity index (χ1n) is 17.2. The SMILES string of the molecule is CC(C)(C)[Si](C)(C)C[C@@]12CN(C(=O)COc3ccccc3)O[C@@H]([C@H](n3ccc(NC(=O)c4ccccc4)nc3=O)O1)[C@@H]2O[Si](C)(C)C(C)(C)C. The van der Waals surface area contributed by atoms with Crippen LogP contribution in [0.5, 0.6) is 5.75 Å². The quantitative estimate of drug-likeness (QED) is 0.225. The number of amides is 2. The third-order valence-corrected chi connectivity index (χ3v) is 20.9. The fourth-order valence-electron chi connectivity index (χ4n) is 5.92. The standard InChI is InChI=1S/C37H52N4O7Si2/c1-35(2,3)49(7,8)25-37-24-41(29(42)23-45-27-19-15-12-16-20-27)47-30(31(37)48-50(9,10)36(4,5)6)33(46-37)40-22-21-28(39-34(40)44)38-32(43)26-17-13-11-14-18-26/h11-22,30-31,33H,23-25H2,1-10H3,(H,38,39,43,44)/t30-,31+,33-,37-/m1/s1. The van der Waals surface area contributed by atoms with Crippen molar-refractivity contribution in [3.8, 4) is 5.75 Å². The molecule has 0 radical (unpaired) electrons. The highest BCUT2D eigenvalue weighted by molar-refractivity contribution is 6.80. The summed E-state index contributed by atoms with van der Waals surface area (Å²) in [4.78, 5) is 51.1. The normalized spacial score (nSPS) is 22.7. The summed E-state index contributed by atoms with van der Waals surface area (Å²) >= 11 is 0. The number of carbonyl (C=O) groups excluding carboxylic acids is 2.